The van der Waals surface area contributed by atoms with Gasteiger partial charge in [0.25, 0.3) is 5.91 Å². The van der Waals surface area contributed by atoms with Crippen LogP contribution in [0.1, 0.15) is 19.3 Å². The molecule has 0 aliphatic heterocycles. The number of hydroxylamine groups is 1. The van der Waals surface area contributed by atoms with Crippen LogP contribution in [0.3, 0.4) is 0 Å². The SMILES string of the molecule is NCCCC[C@@H](NS(=O)(=O)c1ccc(Oc2ccccc2)cc1)C(=O)NO. The lowest BCUT2D eigenvalue weighted by atomic mass is 10.1. The van der Waals surface area contributed by atoms with E-state index in [4.69, 9.17) is 15.7 Å². The zero-order valence-electron chi connectivity index (χ0n) is 14.7. The van der Waals surface area contributed by atoms with Crippen LogP contribution in [-0.2, 0) is 14.8 Å². The third-order valence-electron chi connectivity index (χ3n) is 3.78. The van der Waals surface area contributed by atoms with Crippen LogP contribution < -0.4 is 20.7 Å². The van der Waals surface area contributed by atoms with E-state index in [0.29, 0.717) is 30.9 Å². The van der Waals surface area contributed by atoms with E-state index in [0.717, 1.165) is 0 Å². The van der Waals surface area contributed by atoms with Gasteiger partial charge in [-0.3, -0.25) is 10.0 Å². The first-order valence-electron chi connectivity index (χ1n) is 8.45. The van der Waals surface area contributed by atoms with Crippen LogP contribution in [0, 0.1) is 0 Å². The second kappa shape index (κ2) is 10.0. The molecule has 0 aliphatic rings. The van der Waals surface area contributed by atoms with Crippen LogP contribution in [0.4, 0.5) is 0 Å². The highest BCUT2D eigenvalue weighted by Crippen LogP contribution is 2.22. The van der Waals surface area contributed by atoms with E-state index < -0.39 is 22.0 Å². The van der Waals surface area contributed by atoms with E-state index in [1.165, 1.54) is 29.7 Å². The molecule has 146 valence electrons. The van der Waals surface area contributed by atoms with Crippen molar-refractivity contribution in [3.8, 4) is 11.5 Å². The summed E-state index contributed by atoms with van der Waals surface area (Å²) in [4.78, 5) is 11.7. The van der Waals surface area contributed by atoms with Gasteiger partial charge in [-0.15, -0.1) is 0 Å². The highest BCUT2D eigenvalue weighted by atomic mass is 32.2. The van der Waals surface area contributed by atoms with E-state index >= 15 is 0 Å². The maximum absolute atomic E-state index is 12.5. The van der Waals surface area contributed by atoms with Gasteiger partial charge in [-0.2, -0.15) is 4.72 Å². The minimum absolute atomic E-state index is 0.0162. The van der Waals surface area contributed by atoms with Gasteiger partial charge in [-0.05, 0) is 55.8 Å². The molecule has 0 aromatic heterocycles. The average Bonchev–Trinajstić information content (AvgIpc) is 2.68. The minimum Gasteiger partial charge on any atom is -0.457 e. The molecule has 0 radical (unpaired) electrons. The predicted molar refractivity (Wildman–Crippen MR) is 99.9 cm³/mol. The van der Waals surface area contributed by atoms with E-state index in [1.807, 2.05) is 18.2 Å². The maximum atomic E-state index is 12.5. The van der Waals surface area contributed by atoms with Crippen LogP contribution in [-0.4, -0.2) is 32.1 Å². The van der Waals surface area contributed by atoms with E-state index in [-0.39, 0.29) is 11.3 Å². The van der Waals surface area contributed by atoms with Crippen molar-refractivity contribution < 1.29 is 23.2 Å². The number of unbranched alkanes of at least 4 members (excludes halogenated alkanes) is 1. The van der Waals surface area contributed by atoms with Crippen LogP contribution in [0.5, 0.6) is 11.5 Å². The molecule has 0 fully saturated rings. The third kappa shape index (κ3) is 6.33. The normalized spacial score (nSPS) is 12.4. The number of rotatable bonds is 10. The van der Waals surface area contributed by atoms with Gasteiger partial charge >= 0.3 is 0 Å². The number of hydrogen-bond acceptors (Lipinski definition) is 6. The molecule has 0 aliphatic carbocycles. The largest absolute Gasteiger partial charge is 0.457 e. The van der Waals surface area contributed by atoms with Crippen molar-refractivity contribution in [3.05, 3.63) is 54.6 Å². The Morgan fingerprint density at radius 3 is 2.26 bits per heavy atom. The molecule has 2 aromatic rings. The molecule has 0 spiro atoms. The number of sulfonamides is 1. The molecule has 0 saturated heterocycles. The maximum Gasteiger partial charge on any atom is 0.261 e. The molecule has 2 rings (SSSR count). The van der Waals surface area contributed by atoms with Crippen LogP contribution in [0.15, 0.2) is 59.5 Å². The summed E-state index contributed by atoms with van der Waals surface area (Å²) >= 11 is 0. The predicted octanol–water partition coefficient (Wildman–Crippen LogP) is 1.76. The summed E-state index contributed by atoms with van der Waals surface area (Å²) in [5, 5.41) is 8.83. The smallest absolute Gasteiger partial charge is 0.261 e. The second-order valence-corrected chi connectivity index (χ2v) is 7.53. The minimum atomic E-state index is -3.95. The molecule has 0 saturated carbocycles. The Hall–Kier alpha value is -2.46. The van der Waals surface area contributed by atoms with Crippen molar-refractivity contribution in [2.75, 3.05) is 6.54 Å². The van der Waals surface area contributed by atoms with Gasteiger partial charge < -0.3 is 10.5 Å². The lowest BCUT2D eigenvalue weighted by Crippen LogP contribution is -2.45. The zero-order chi connectivity index (χ0) is 19.7. The van der Waals surface area contributed by atoms with E-state index in [9.17, 15) is 13.2 Å². The van der Waals surface area contributed by atoms with Crippen molar-refractivity contribution >= 4 is 15.9 Å². The Morgan fingerprint density at radius 2 is 1.67 bits per heavy atom. The van der Waals surface area contributed by atoms with Crippen LogP contribution >= 0.6 is 0 Å². The summed E-state index contributed by atoms with van der Waals surface area (Å²) in [6, 6.07) is 13.8. The van der Waals surface area contributed by atoms with E-state index in [1.54, 1.807) is 12.1 Å². The molecule has 0 unspecified atom stereocenters. The van der Waals surface area contributed by atoms with Crippen LogP contribution in [0.25, 0.3) is 0 Å². The first-order chi connectivity index (χ1) is 13.0. The summed E-state index contributed by atoms with van der Waals surface area (Å²) < 4.78 is 33.0. The third-order valence-corrected chi connectivity index (χ3v) is 5.27. The summed E-state index contributed by atoms with van der Waals surface area (Å²) in [5.41, 5.74) is 6.90. The lowest BCUT2D eigenvalue weighted by Gasteiger charge is -2.17. The molecule has 0 heterocycles. The number of para-hydroxylation sites is 1. The monoisotopic (exact) mass is 393 g/mol. The molecule has 9 heteroatoms. The fourth-order valence-corrected chi connectivity index (χ4v) is 3.61. The van der Waals surface area contributed by atoms with Crippen molar-refractivity contribution in [1.82, 2.24) is 10.2 Å². The summed E-state index contributed by atoms with van der Waals surface area (Å²) in [6.07, 6.45) is 1.40. The van der Waals surface area contributed by atoms with Crippen LogP contribution in [0.2, 0.25) is 0 Å². The van der Waals surface area contributed by atoms with Gasteiger partial charge in [0.05, 0.1) is 4.90 Å². The average molecular weight is 393 g/mol. The second-order valence-electron chi connectivity index (χ2n) is 5.82. The molecule has 5 N–H and O–H groups in total. The molecule has 8 nitrogen and oxygen atoms in total. The molecule has 2 aromatic carbocycles. The molecule has 0 bridgehead atoms. The zero-order valence-corrected chi connectivity index (χ0v) is 15.5. The molecule has 1 atom stereocenters. The lowest BCUT2D eigenvalue weighted by molar-refractivity contribution is -0.131. The molecular formula is C18H23N3O5S. The Balaban J connectivity index is 2.08. The Bertz CT molecular complexity index is 826. The van der Waals surface area contributed by atoms with Crippen molar-refractivity contribution in [1.29, 1.82) is 0 Å². The number of carbonyl (C=O) groups excluding carboxylic acids is 1. The molecule has 27 heavy (non-hydrogen) atoms. The van der Waals surface area contributed by atoms with Gasteiger partial charge in [-0.25, -0.2) is 13.9 Å². The number of nitrogens with one attached hydrogen (secondary N) is 2. The number of benzene rings is 2. The van der Waals surface area contributed by atoms with Gasteiger partial charge in [0, 0.05) is 0 Å². The fraction of sp³-hybridized carbons (Fsp3) is 0.278. The number of hydrogen-bond donors (Lipinski definition) is 4. The Labute approximate surface area is 158 Å². The van der Waals surface area contributed by atoms with E-state index in [2.05, 4.69) is 4.72 Å². The highest BCUT2D eigenvalue weighted by molar-refractivity contribution is 7.89. The summed E-state index contributed by atoms with van der Waals surface area (Å²) in [7, 11) is -3.95. The number of nitrogens with two attached hydrogens (primary N) is 1. The Morgan fingerprint density at radius 1 is 1.04 bits per heavy atom. The number of ether oxygens (including phenoxy) is 1. The van der Waals surface area contributed by atoms with Crippen molar-refractivity contribution in [3.63, 3.8) is 0 Å². The Kier molecular flexibility index (Phi) is 7.74. The summed E-state index contributed by atoms with van der Waals surface area (Å²) in [5.74, 6) is 0.290. The quantitative estimate of drug-likeness (QED) is 0.276. The summed E-state index contributed by atoms with van der Waals surface area (Å²) in [6.45, 7) is 0.434. The fourth-order valence-electron chi connectivity index (χ4n) is 2.38. The first-order valence-corrected chi connectivity index (χ1v) is 9.94. The van der Waals surface area contributed by atoms with Gasteiger partial charge in [0.15, 0.2) is 0 Å². The van der Waals surface area contributed by atoms with Gasteiger partial charge in [0.1, 0.15) is 17.5 Å². The standard InChI is InChI=1S/C18H23N3O5S/c19-13-5-4-8-17(18(22)20-23)21-27(24,25)16-11-9-15(10-12-16)26-14-6-2-1-3-7-14/h1-3,6-7,9-12,17,21,23H,4-5,8,13,19H2,(H,20,22)/t17-/m1/s1. The highest BCUT2D eigenvalue weighted by Gasteiger charge is 2.25. The number of carbonyl (C=O) groups is 1. The van der Waals surface area contributed by atoms with Gasteiger partial charge in [-0.1, -0.05) is 24.6 Å². The number of amides is 1. The first kappa shape index (κ1) is 20.8. The molecular weight excluding hydrogens is 370 g/mol. The van der Waals surface area contributed by atoms with Crippen molar-refractivity contribution in [2.45, 2.75) is 30.2 Å². The van der Waals surface area contributed by atoms with Crippen molar-refractivity contribution in [2.24, 2.45) is 5.73 Å². The molecule has 1 amide bonds. The topological polar surface area (TPSA) is 131 Å². The van der Waals surface area contributed by atoms with Gasteiger partial charge in [0.2, 0.25) is 10.0 Å².